The van der Waals surface area contributed by atoms with Crippen molar-refractivity contribution in [3.05, 3.63) is 9.15 Å². The number of carbonyl (C=O) groups excluding carboxylic acids is 1. The summed E-state index contributed by atoms with van der Waals surface area (Å²) in [5, 5.41) is 0.142. The van der Waals surface area contributed by atoms with Crippen LogP contribution in [-0.4, -0.2) is 26.5 Å². The highest BCUT2D eigenvalue weighted by Gasteiger charge is 2.42. The maximum atomic E-state index is 12.3. The number of ketones is 1. The van der Waals surface area contributed by atoms with E-state index in [2.05, 4.69) is 70.3 Å². The molecular weight excluding hydrogens is 407 g/mol. The molecule has 0 aromatic rings. The van der Waals surface area contributed by atoms with Crippen LogP contribution in [0.25, 0.3) is 0 Å². The largest absolute Gasteiger partial charge is 0.392 e. The molecule has 1 aliphatic heterocycles. The van der Waals surface area contributed by atoms with E-state index in [4.69, 9.17) is 9.16 Å². The van der Waals surface area contributed by atoms with E-state index in [9.17, 15) is 4.79 Å². The van der Waals surface area contributed by atoms with E-state index in [1.165, 1.54) is 0 Å². The topological polar surface area (TPSA) is 35.5 Å². The molecule has 1 rings (SSSR count). The molecule has 0 radical (unpaired) electrons. The maximum Gasteiger partial charge on any atom is 0.195 e. The molecule has 0 bridgehead atoms. The fraction of sp³-hybridized carbons (Fsp3) is 0.824. The lowest BCUT2D eigenvalue weighted by molar-refractivity contribution is -0.165. The molecule has 0 N–H and O–H groups in total. The van der Waals surface area contributed by atoms with Crippen molar-refractivity contribution >= 4 is 36.7 Å². The molecule has 1 aliphatic rings. The summed E-state index contributed by atoms with van der Waals surface area (Å²) in [6.45, 7) is 17.4. The van der Waals surface area contributed by atoms with Crippen LogP contribution in [0.2, 0.25) is 18.1 Å². The molecular formula is C17H31IO3Si. The zero-order chi connectivity index (χ0) is 17.3. The summed E-state index contributed by atoms with van der Waals surface area (Å²) < 4.78 is 13.6. The van der Waals surface area contributed by atoms with E-state index in [1.807, 2.05) is 6.92 Å². The van der Waals surface area contributed by atoms with Gasteiger partial charge in [0.05, 0.1) is 0 Å². The molecule has 1 heterocycles. The highest BCUT2D eigenvalue weighted by molar-refractivity contribution is 14.1. The molecule has 0 spiro atoms. The van der Waals surface area contributed by atoms with E-state index < -0.39 is 14.4 Å². The van der Waals surface area contributed by atoms with E-state index in [0.717, 1.165) is 9.15 Å². The van der Waals surface area contributed by atoms with Crippen molar-refractivity contribution in [1.82, 2.24) is 0 Å². The number of ether oxygens (including phenoxy) is 1. The van der Waals surface area contributed by atoms with Crippen molar-refractivity contribution in [3.8, 4) is 0 Å². The second-order valence-electron chi connectivity index (χ2n) is 7.97. The van der Waals surface area contributed by atoms with Crippen molar-refractivity contribution < 1.29 is 14.0 Å². The van der Waals surface area contributed by atoms with Crippen LogP contribution < -0.4 is 0 Å². The summed E-state index contributed by atoms with van der Waals surface area (Å²) in [4.78, 5) is 12.3. The van der Waals surface area contributed by atoms with Gasteiger partial charge in [0, 0.05) is 12.8 Å². The van der Waals surface area contributed by atoms with Crippen molar-refractivity contribution in [2.45, 2.75) is 84.9 Å². The molecule has 0 aromatic carbocycles. The third kappa shape index (κ3) is 4.88. The molecule has 128 valence electrons. The molecule has 5 heteroatoms. The normalized spacial score (nSPS) is 25.5. The Hall–Kier alpha value is 0.277. The Bertz CT molecular complexity index is 445. The zero-order valence-corrected chi connectivity index (χ0v) is 18.4. The Labute approximate surface area is 150 Å². The van der Waals surface area contributed by atoms with E-state index in [-0.39, 0.29) is 17.1 Å². The van der Waals surface area contributed by atoms with Crippen molar-refractivity contribution in [3.63, 3.8) is 0 Å². The minimum absolute atomic E-state index is 0.142. The quantitative estimate of drug-likeness (QED) is 0.433. The van der Waals surface area contributed by atoms with E-state index >= 15 is 0 Å². The number of allylic oxidation sites excluding steroid dienone is 1. The molecule has 2 atom stereocenters. The van der Waals surface area contributed by atoms with Gasteiger partial charge < -0.3 is 9.16 Å². The molecule has 1 saturated heterocycles. The summed E-state index contributed by atoms with van der Waals surface area (Å²) >= 11 is 2.30. The lowest BCUT2D eigenvalue weighted by atomic mass is 9.91. The summed E-state index contributed by atoms with van der Waals surface area (Å²) in [5.41, 5.74) is 1.11. The molecule has 22 heavy (non-hydrogen) atoms. The van der Waals surface area contributed by atoms with Crippen LogP contribution in [-0.2, 0) is 14.0 Å². The molecule has 0 aromatic heterocycles. The molecule has 0 saturated carbocycles. The fourth-order valence-electron chi connectivity index (χ4n) is 2.41. The number of carbonyl (C=O) groups is 1. The first-order valence-corrected chi connectivity index (χ1v) is 12.1. The number of Topliss-reactive ketones (excluding diaryl/α,β-unsaturated/α-hetero) is 1. The lowest BCUT2D eigenvalue weighted by Crippen LogP contribution is -2.48. The number of hydrogen-bond acceptors (Lipinski definition) is 3. The van der Waals surface area contributed by atoms with Crippen LogP contribution in [0.1, 0.15) is 54.4 Å². The average Bonchev–Trinajstić information content (AvgIpc) is 2.30. The van der Waals surface area contributed by atoms with Gasteiger partial charge in [-0.05, 0) is 62.7 Å². The third-order valence-electron chi connectivity index (χ3n) is 4.74. The monoisotopic (exact) mass is 438 g/mol. The molecule has 1 fully saturated rings. The third-order valence-corrected chi connectivity index (χ3v) is 9.83. The van der Waals surface area contributed by atoms with Crippen molar-refractivity contribution in [1.29, 1.82) is 0 Å². The van der Waals surface area contributed by atoms with Gasteiger partial charge in [0.2, 0.25) is 0 Å². The summed E-state index contributed by atoms with van der Waals surface area (Å²) in [6.07, 6.45) is 0.533. The Balaban J connectivity index is 2.93. The maximum absolute atomic E-state index is 12.3. The van der Waals surface area contributed by atoms with Gasteiger partial charge in [-0.2, -0.15) is 0 Å². The molecule has 1 unspecified atom stereocenters. The van der Waals surface area contributed by atoms with Gasteiger partial charge in [-0.15, -0.1) is 0 Å². The summed E-state index contributed by atoms with van der Waals surface area (Å²) in [7, 11) is -1.89. The standard InChI is InChI=1S/C17H31IO3Si/c1-11(2)15(12(3)18)16-13(19)9-10-14(20-16)21-22(7,8)17(4,5)6/h11,14,16H,9-10H2,1-8H3/b15-12-/t14?,16-/m0/s1. The first-order chi connectivity index (χ1) is 9.86. The van der Waals surface area contributed by atoms with E-state index in [1.54, 1.807) is 0 Å². The van der Waals surface area contributed by atoms with Gasteiger partial charge in [-0.25, -0.2) is 0 Å². The van der Waals surface area contributed by atoms with Crippen LogP contribution in [0.4, 0.5) is 0 Å². The average molecular weight is 438 g/mol. The first-order valence-electron chi connectivity index (χ1n) is 8.09. The highest BCUT2D eigenvalue weighted by Crippen LogP contribution is 2.39. The minimum atomic E-state index is -1.89. The predicted molar refractivity (Wildman–Crippen MR) is 103 cm³/mol. The Morgan fingerprint density at radius 1 is 1.36 bits per heavy atom. The molecule has 3 nitrogen and oxygen atoms in total. The van der Waals surface area contributed by atoms with Crippen LogP contribution in [0.15, 0.2) is 9.15 Å². The van der Waals surface area contributed by atoms with Crippen LogP contribution in [0, 0.1) is 5.92 Å². The SMILES string of the molecule is C/C(I)=C(\C(C)C)[C@H]1OC(O[Si](C)(C)C(C)(C)C)CCC1=O. The minimum Gasteiger partial charge on any atom is -0.392 e. The Morgan fingerprint density at radius 3 is 2.32 bits per heavy atom. The van der Waals surface area contributed by atoms with Gasteiger partial charge in [-0.1, -0.05) is 34.6 Å². The van der Waals surface area contributed by atoms with Gasteiger partial charge in [-0.3, -0.25) is 4.79 Å². The molecule has 0 amide bonds. The fourth-order valence-corrected chi connectivity index (χ4v) is 4.50. The molecule has 0 aliphatic carbocycles. The van der Waals surface area contributed by atoms with Gasteiger partial charge in [0.1, 0.15) is 12.4 Å². The lowest BCUT2D eigenvalue weighted by Gasteiger charge is -2.41. The van der Waals surface area contributed by atoms with Crippen molar-refractivity contribution in [2.24, 2.45) is 5.92 Å². The summed E-state index contributed by atoms with van der Waals surface area (Å²) in [5.74, 6) is 0.493. The van der Waals surface area contributed by atoms with Crippen LogP contribution >= 0.6 is 22.6 Å². The highest BCUT2D eigenvalue weighted by atomic mass is 127. The second-order valence-corrected chi connectivity index (χ2v) is 14.3. The van der Waals surface area contributed by atoms with Crippen LogP contribution in [0.5, 0.6) is 0 Å². The van der Waals surface area contributed by atoms with Crippen LogP contribution in [0.3, 0.4) is 0 Å². The first kappa shape index (κ1) is 20.3. The number of halogens is 1. The van der Waals surface area contributed by atoms with Gasteiger partial charge in [0.15, 0.2) is 14.1 Å². The van der Waals surface area contributed by atoms with Gasteiger partial charge in [0.25, 0.3) is 0 Å². The van der Waals surface area contributed by atoms with E-state index in [0.29, 0.717) is 18.8 Å². The predicted octanol–water partition coefficient (Wildman–Crippen LogP) is 5.45. The smallest absolute Gasteiger partial charge is 0.195 e. The zero-order valence-electron chi connectivity index (χ0n) is 15.2. The van der Waals surface area contributed by atoms with Gasteiger partial charge >= 0.3 is 0 Å². The Morgan fingerprint density at radius 2 is 1.91 bits per heavy atom. The van der Waals surface area contributed by atoms with Crippen molar-refractivity contribution in [2.75, 3.05) is 0 Å². The number of rotatable bonds is 4. The summed E-state index contributed by atoms with van der Waals surface area (Å²) in [6, 6.07) is 0. The second kappa shape index (κ2) is 7.45. The Kier molecular flexibility index (Phi) is 6.88. The number of hydrogen-bond donors (Lipinski definition) is 0.